The second kappa shape index (κ2) is 7.28. The number of aromatic nitrogens is 2. The summed E-state index contributed by atoms with van der Waals surface area (Å²) in [5.41, 5.74) is 8.63. The summed E-state index contributed by atoms with van der Waals surface area (Å²) in [6, 6.07) is 17.5. The van der Waals surface area contributed by atoms with Crippen LogP contribution in [0, 0.1) is 0 Å². The molecule has 0 aliphatic heterocycles. The number of imidazole rings is 1. The monoisotopic (exact) mass is 318 g/mol. The van der Waals surface area contributed by atoms with E-state index in [1.807, 2.05) is 54.6 Å². The van der Waals surface area contributed by atoms with Crippen LogP contribution in [0.1, 0.15) is 5.56 Å². The molecule has 0 aliphatic rings. The van der Waals surface area contributed by atoms with E-state index < -0.39 is 0 Å². The van der Waals surface area contributed by atoms with Crippen molar-refractivity contribution in [1.29, 1.82) is 0 Å². The van der Waals surface area contributed by atoms with Gasteiger partial charge in [0, 0.05) is 11.1 Å². The van der Waals surface area contributed by atoms with Gasteiger partial charge >= 0.3 is 0 Å². The number of nitrogens with zero attached hydrogens (tertiary/aromatic N) is 3. The lowest BCUT2D eigenvalue weighted by molar-refractivity contribution is 0.362. The molecule has 0 saturated heterocycles. The fourth-order valence-corrected chi connectivity index (χ4v) is 2.27. The predicted molar refractivity (Wildman–Crippen MR) is 97.2 cm³/mol. The molecule has 1 heterocycles. The van der Waals surface area contributed by atoms with Crippen LogP contribution in [0.5, 0.6) is 5.75 Å². The number of nitrogens with two attached hydrogens (primary N) is 1. The van der Waals surface area contributed by atoms with Crippen molar-refractivity contribution >= 4 is 12.2 Å². The van der Waals surface area contributed by atoms with E-state index in [9.17, 15) is 0 Å². The number of rotatable bonds is 6. The highest BCUT2D eigenvalue weighted by molar-refractivity contribution is 5.83. The molecule has 0 fully saturated rings. The molecule has 0 unspecified atom stereocenters. The maximum absolute atomic E-state index is 5.95. The van der Waals surface area contributed by atoms with Crippen LogP contribution >= 0.6 is 0 Å². The Bertz CT molecular complexity index is 853. The van der Waals surface area contributed by atoms with Crippen molar-refractivity contribution < 1.29 is 4.74 Å². The van der Waals surface area contributed by atoms with Gasteiger partial charge in [-0.25, -0.2) is 4.98 Å². The third-order valence-electron chi connectivity index (χ3n) is 3.42. The Labute approximate surface area is 140 Å². The van der Waals surface area contributed by atoms with E-state index >= 15 is 0 Å². The molecule has 3 aromatic rings. The molecule has 0 spiro atoms. The van der Waals surface area contributed by atoms with Crippen molar-refractivity contribution in [2.45, 2.75) is 0 Å². The molecule has 1 aromatic heterocycles. The highest BCUT2D eigenvalue weighted by Crippen LogP contribution is 2.22. The summed E-state index contributed by atoms with van der Waals surface area (Å²) in [4.78, 5) is 4.16. The summed E-state index contributed by atoms with van der Waals surface area (Å²) < 4.78 is 7.25. The smallest absolute Gasteiger partial charge is 0.221 e. The molecule has 0 bridgehead atoms. The zero-order valence-electron chi connectivity index (χ0n) is 13.2. The molecule has 24 heavy (non-hydrogen) atoms. The van der Waals surface area contributed by atoms with Crippen LogP contribution in [-0.4, -0.2) is 22.5 Å². The molecular formula is C19H18N4O. The van der Waals surface area contributed by atoms with Crippen LogP contribution in [0.4, 0.5) is 5.95 Å². The van der Waals surface area contributed by atoms with Gasteiger partial charge in [0.05, 0.1) is 18.1 Å². The highest BCUT2D eigenvalue weighted by Gasteiger charge is 2.08. The maximum atomic E-state index is 5.95. The van der Waals surface area contributed by atoms with Crippen molar-refractivity contribution in [2.24, 2.45) is 5.10 Å². The third-order valence-corrected chi connectivity index (χ3v) is 3.42. The summed E-state index contributed by atoms with van der Waals surface area (Å²) in [5.74, 6) is 1.07. The molecule has 2 aromatic carbocycles. The van der Waals surface area contributed by atoms with E-state index in [2.05, 4.69) is 16.7 Å². The van der Waals surface area contributed by atoms with Gasteiger partial charge in [0.25, 0.3) is 0 Å². The Kier molecular flexibility index (Phi) is 4.72. The van der Waals surface area contributed by atoms with Crippen LogP contribution in [0.25, 0.3) is 11.3 Å². The van der Waals surface area contributed by atoms with Gasteiger partial charge < -0.3 is 10.5 Å². The van der Waals surface area contributed by atoms with Crippen LogP contribution in [0.15, 0.2) is 78.6 Å². The van der Waals surface area contributed by atoms with Crippen molar-refractivity contribution in [3.05, 3.63) is 79.0 Å². The zero-order valence-corrected chi connectivity index (χ0v) is 13.2. The number of hydrogen-bond donors (Lipinski definition) is 1. The lowest BCUT2D eigenvalue weighted by Gasteiger charge is -2.07. The second-order valence-electron chi connectivity index (χ2n) is 5.06. The maximum Gasteiger partial charge on any atom is 0.221 e. The van der Waals surface area contributed by atoms with E-state index in [4.69, 9.17) is 10.5 Å². The van der Waals surface area contributed by atoms with Crippen LogP contribution in [-0.2, 0) is 0 Å². The van der Waals surface area contributed by atoms with Crippen molar-refractivity contribution in [3.63, 3.8) is 0 Å². The quantitative estimate of drug-likeness (QED) is 0.558. The standard InChI is InChI=1S/C19H18N4O/c1-2-12-24-18-11-7-6-10-16(18)13-22-23-17(14-21-19(23)20)15-8-4-3-5-9-15/h2-11,13-14H,1,12H2,(H2,20,21). The van der Waals surface area contributed by atoms with Gasteiger partial charge in [0.15, 0.2) is 0 Å². The largest absolute Gasteiger partial charge is 0.489 e. The van der Waals surface area contributed by atoms with Gasteiger partial charge in [-0.15, -0.1) is 0 Å². The topological polar surface area (TPSA) is 65.4 Å². The van der Waals surface area contributed by atoms with E-state index in [-0.39, 0.29) is 0 Å². The Morgan fingerprint density at radius 1 is 1.12 bits per heavy atom. The number of ether oxygens (including phenoxy) is 1. The molecule has 0 saturated carbocycles. The molecule has 0 atom stereocenters. The molecule has 0 radical (unpaired) electrons. The van der Waals surface area contributed by atoms with Gasteiger partial charge in [-0.05, 0) is 12.1 Å². The average molecular weight is 318 g/mol. The number of anilines is 1. The van der Waals surface area contributed by atoms with E-state index in [1.54, 1.807) is 23.2 Å². The minimum absolute atomic E-state index is 0.328. The highest BCUT2D eigenvalue weighted by atomic mass is 16.5. The zero-order chi connectivity index (χ0) is 16.8. The summed E-state index contributed by atoms with van der Waals surface area (Å²) in [5, 5.41) is 4.48. The fourth-order valence-electron chi connectivity index (χ4n) is 2.27. The van der Waals surface area contributed by atoms with Gasteiger partial charge in [-0.2, -0.15) is 9.78 Å². The van der Waals surface area contributed by atoms with Crippen molar-refractivity contribution in [1.82, 2.24) is 9.66 Å². The summed E-state index contributed by atoms with van der Waals surface area (Å²) in [6.07, 6.45) is 5.13. The molecule has 0 aliphatic carbocycles. The molecule has 120 valence electrons. The molecule has 2 N–H and O–H groups in total. The average Bonchev–Trinajstić information content (AvgIpc) is 3.00. The fraction of sp³-hybridized carbons (Fsp3) is 0.0526. The summed E-state index contributed by atoms with van der Waals surface area (Å²) >= 11 is 0. The van der Waals surface area contributed by atoms with Gasteiger partial charge in [-0.1, -0.05) is 55.1 Å². The Balaban J connectivity index is 1.94. The lowest BCUT2D eigenvalue weighted by atomic mass is 10.2. The molecular weight excluding hydrogens is 300 g/mol. The predicted octanol–water partition coefficient (Wildman–Crippen LogP) is 3.58. The summed E-state index contributed by atoms with van der Waals surface area (Å²) in [6.45, 7) is 4.10. The Morgan fingerprint density at radius 2 is 1.88 bits per heavy atom. The third kappa shape index (κ3) is 3.35. The first kappa shape index (κ1) is 15.6. The van der Waals surface area contributed by atoms with Gasteiger partial charge in [0.2, 0.25) is 5.95 Å². The number of benzene rings is 2. The van der Waals surface area contributed by atoms with E-state index in [0.717, 1.165) is 22.6 Å². The molecule has 5 heteroatoms. The first-order chi connectivity index (χ1) is 11.8. The minimum Gasteiger partial charge on any atom is -0.489 e. The van der Waals surface area contributed by atoms with Crippen LogP contribution in [0.3, 0.4) is 0 Å². The Hall–Kier alpha value is -3.34. The Morgan fingerprint density at radius 3 is 2.67 bits per heavy atom. The van der Waals surface area contributed by atoms with Crippen molar-refractivity contribution in [3.8, 4) is 17.0 Å². The normalized spacial score (nSPS) is 10.8. The molecule has 5 nitrogen and oxygen atoms in total. The van der Waals surface area contributed by atoms with Gasteiger partial charge in [0.1, 0.15) is 12.4 Å². The van der Waals surface area contributed by atoms with Gasteiger partial charge in [-0.3, -0.25) is 0 Å². The summed E-state index contributed by atoms with van der Waals surface area (Å²) in [7, 11) is 0. The van der Waals surface area contributed by atoms with Crippen LogP contribution < -0.4 is 10.5 Å². The molecule has 0 amide bonds. The first-order valence-corrected chi connectivity index (χ1v) is 7.55. The number of para-hydroxylation sites is 1. The lowest BCUT2D eigenvalue weighted by Crippen LogP contribution is -2.01. The first-order valence-electron chi connectivity index (χ1n) is 7.55. The second-order valence-corrected chi connectivity index (χ2v) is 5.06. The van der Waals surface area contributed by atoms with E-state index in [0.29, 0.717) is 12.6 Å². The molecule has 3 rings (SSSR count). The van der Waals surface area contributed by atoms with Crippen LogP contribution in [0.2, 0.25) is 0 Å². The number of hydrogen-bond acceptors (Lipinski definition) is 4. The number of nitrogen functional groups attached to an aromatic ring is 1. The SMILES string of the molecule is C=CCOc1ccccc1C=Nn1c(-c2ccccc2)cnc1N. The van der Waals surface area contributed by atoms with E-state index in [1.165, 1.54) is 0 Å². The minimum atomic E-state index is 0.328. The van der Waals surface area contributed by atoms with Crippen molar-refractivity contribution in [2.75, 3.05) is 12.3 Å².